The molecule has 1 heterocycles. The van der Waals surface area contributed by atoms with E-state index < -0.39 is 23.3 Å². The molecule has 2 rings (SSSR count). The number of nitrogens with zero attached hydrogens (tertiary/aromatic N) is 1. The molecule has 0 unspecified atom stereocenters. The van der Waals surface area contributed by atoms with Crippen LogP contribution in [0.25, 0.3) is 0 Å². The molecule has 0 saturated heterocycles. The maximum absolute atomic E-state index is 12.9. The lowest BCUT2D eigenvalue weighted by molar-refractivity contribution is -0.136. The number of anilines is 1. The molecule has 8 heteroatoms. The molecular formula is C13H7Cl2F3N2O. The van der Waals surface area contributed by atoms with Crippen molar-refractivity contribution < 1.29 is 18.0 Å². The van der Waals surface area contributed by atoms with Gasteiger partial charge in [0.05, 0.1) is 16.3 Å². The highest BCUT2D eigenvalue weighted by molar-refractivity contribution is 6.34. The summed E-state index contributed by atoms with van der Waals surface area (Å²) in [6.45, 7) is 0. The highest BCUT2D eigenvalue weighted by atomic mass is 35.5. The maximum Gasteiger partial charge on any atom is 0.418 e. The quantitative estimate of drug-likeness (QED) is 0.867. The van der Waals surface area contributed by atoms with E-state index in [9.17, 15) is 18.0 Å². The normalized spacial score (nSPS) is 11.3. The summed E-state index contributed by atoms with van der Waals surface area (Å²) in [4.78, 5) is 15.7. The Morgan fingerprint density at radius 1 is 1.19 bits per heavy atom. The second-order valence-electron chi connectivity index (χ2n) is 3.97. The van der Waals surface area contributed by atoms with Gasteiger partial charge < -0.3 is 5.32 Å². The Morgan fingerprint density at radius 2 is 1.90 bits per heavy atom. The van der Waals surface area contributed by atoms with Crippen LogP contribution in [0.1, 0.15) is 16.1 Å². The lowest BCUT2D eigenvalue weighted by Gasteiger charge is -2.14. The SMILES string of the molecule is O=C(Nc1c(Cl)cccc1C(F)(F)F)c1cc(Cl)ccn1. The first kappa shape index (κ1) is 15.6. The number of hydrogen-bond acceptors (Lipinski definition) is 2. The van der Waals surface area contributed by atoms with Crippen molar-refractivity contribution in [3.05, 3.63) is 57.8 Å². The minimum atomic E-state index is -4.64. The van der Waals surface area contributed by atoms with Gasteiger partial charge in [0.2, 0.25) is 0 Å². The first-order chi connectivity index (χ1) is 9.79. The molecule has 0 bridgehead atoms. The van der Waals surface area contributed by atoms with Crippen LogP contribution in [-0.4, -0.2) is 10.9 Å². The van der Waals surface area contributed by atoms with E-state index in [2.05, 4.69) is 10.3 Å². The molecule has 2 aromatic rings. The van der Waals surface area contributed by atoms with Crippen LogP contribution in [0.5, 0.6) is 0 Å². The number of amides is 1. The summed E-state index contributed by atoms with van der Waals surface area (Å²) >= 11 is 11.4. The molecule has 0 saturated carbocycles. The van der Waals surface area contributed by atoms with Crippen LogP contribution in [0.3, 0.4) is 0 Å². The molecule has 3 nitrogen and oxygen atoms in total. The van der Waals surface area contributed by atoms with E-state index in [1.54, 1.807) is 0 Å². The summed E-state index contributed by atoms with van der Waals surface area (Å²) in [6, 6.07) is 5.90. The molecule has 1 amide bonds. The van der Waals surface area contributed by atoms with Crippen LogP contribution < -0.4 is 5.32 Å². The smallest absolute Gasteiger partial charge is 0.319 e. The average Bonchev–Trinajstić information content (AvgIpc) is 2.39. The maximum atomic E-state index is 12.9. The van der Waals surface area contributed by atoms with E-state index >= 15 is 0 Å². The van der Waals surface area contributed by atoms with E-state index in [1.807, 2.05) is 0 Å². The zero-order valence-electron chi connectivity index (χ0n) is 10.2. The Morgan fingerprint density at radius 3 is 2.52 bits per heavy atom. The van der Waals surface area contributed by atoms with Crippen LogP contribution in [-0.2, 0) is 6.18 Å². The molecule has 1 aromatic carbocycles. The van der Waals surface area contributed by atoms with Gasteiger partial charge in [-0.05, 0) is 24.3 Å². The average molecular weight is 335 g/mol. The number of rotatable bonds is 2. The van der Waals surface area contributed by atoms with E-state index in [-0.39, 0.29) is 15.7 Å². The molecule has 0 aliphatic rings. The van der Waals surface area contributed by atoms with E-state index in [0.29, 0.717) is 0 Å². The number of pyridine rings is 1. The zero-order valence-corrected chi connectivity index (χ0v) is 11.7. The molecule has 0 fully saturated rings. The Labute approximate surface area is 127 Å². The third-order valence-corrected chi connectivity index (χ3v) is 3.06. The second kappa shape index (κ2) is 5.91. The largest absolute Gasteiger partial charge is 0.418 e. The molecule has 1 N–H and O–H groups in total. The van der Waals surface area contributed by atoms with Gasteiger partial charge >= 0.3 is 6.18 Å². The summed E-state index contributed by atoms with van der Waals surface area (Å²) in [5.41, 5.74) is -1.67. The van der Waals surface area contributed by atoms with Gasteiger partial charge in [-0.3, -0.25) is 9.78 Å². The summed E-state index contributed by atoms with van der Waals surface area (Å²) in [6.07, 6.45) is -3.37. The number of carbonyl (C=O) groups is 1. The van der Waals surface area contributed by atoms with Crippen molar-refractivity contribution in [3.63, 3.8) is 0 Å². The van der Waals surface area contributed by atoms with Crippen LogP contribution in [0.2, 0.25) is 10.0 Å². The fourth-order valence-electron chi connectivity index (χ4n) is 1.59. The first-order valence-corrected chi connectivity index (χ1v) is 6.33. The zero-order chi connectivity index (χ0) is 15.6. The van der Waals surface area contributed by atoms with Crippen molar-refractivity contribution in [1.29, 1.82) is 0 Å². The molecule has 0 aliphatic heterocycles. The van der Waals surface area contributed by atoms with Crippen LogP contribution in [0.15, 0.2) is 36.5 Å². The van der Waals surface area contributed by atoms with Crippen LogP contribution in [0, 0.1) is 0 Å². The predicted molar refractivity (Wildman–Crippen MR) is 73.7 cm³/mol. The number of alkyl halides is 3. The van der Waals surface area contributed by atoms with Crippen LogP contribution >= 0.6 is 23.2 Å². The van der Waals surface area contributed by atoms with Crippen molar-refractivity contribution >= 4 is 34.8 Å². The van der Waals surface area contributed by atoms with Crippen molar-refractivity contribution in [2.75, 3.05) is 5.32 Å². The molecule has 0 aliphatic carbocycles. The Balaban J connectivity index is 2.38. The summed E-state index contributed by atoms with van der Waals surface area (Å²) in [5, 5.41) is 2.14. The van der Waals surface area contributed by atoms with Gasteiger partial charge in [-0.15, -0.1) is 0 Å². The molecule has 110 valence electrons. The highest BCUT2D eigenvalue weighted by Crippen LogP contribution is 2.38. The van der Waals surface area contributed by atoms with E-state index in [0.717, 1.165) is 12.1 Å². The summed E-state index contributed by atoms with van der Waals surface area (Å²) in [5.74, 6) is -0.837. The number of halogens is 5. The molecule has 0 radical (unpaired) electrons. The fraction of sp³-hybridized carbons (Fsp3) is 0.0769. The van der Waals surface area contributed by atoms with Gasteiger partial charge in [0.25, 0.3) is 5.91 Å². The third kappa shape index (κ3) is 3.65. The number of nitrogens with one attached hydrogen (secondary N) is 1. The second-order valence-corrected chi connectivity index (χ2v) is 4.82. The van der Waals surface area contributed by atoms with Crippen molar-refractivity contribution in [3.8, 4) is 0 Å². The first-order valence-electron chi connectivity index (χ1n) is 5.57. The third-order valence-electron chi connectivity index (χ3n) is 2.51. The molecule has 0 atom stereocenters. The van der Waals surface area contributed by atoms with Gasteiger partial charge in [0, 0.05) is 11.2 Å². The number of para-hydroxylation sites is 1. The van der Waals surface area contributed by atoms with Gasteiger partial charge in [-0.25, -0.2) is 0 Å². The topological polar surface area (TPSA) is 42.0 Å². The standard InChI is InChI=1S/C13H7Cl2F3N2O/c14-7-4-5-19-10(6-7)12(21)20-11-8(13(16,17)18)2-1-3-9(11)15/h1-6H,(H,20,21). The number of carbonyl (C=O) groups excluding carboxylic acids is 1. The molecular weight excluding hydrogens is 328 g/mol. The summed E-state index contributed by atoms with van der Waals surface area (Å²) in [7, 11) is 0. The lowest BCUT2D eigenvalue weighted by atomic mass is 10.1. The molecule has 0 spiro atoms. The van der Waals surface area contributed by atoms with Gasteiger partial charge in [0.15, 0.2) is 0 Å². The Hall–Kier alpha value is -1.79. The van der Waals surface area contributed by atoms with Crippen LogP contribution in [0.4, 0.5) is 18.9 Å². The molecule has 21 heavy (non-hydrogen) atoms. The lowest BCUT2D eigenvalue weighted by Crippen LogP contribution is -2.18. The Kier molecular flexibility index (Phi) is 4.39. The predicted octanol–water partition coefficient (Wildman–Crippen LogP) is 4.66. The fourth-order valence-corrected chi connectivity index (χ4v) is 1.98. The Bertz CT molecular complexity index is 689. The van der Waals surface area contributed by atoms with Crippen molar-refractivity contribution in [1.82, 2.24) is 4.98 Å². The van der Waals surface area contributed by atoms with Gasteiger partial charge in [-0.1, -0.05) is 29.3 Å². The molecule has 1 aromatic heterocycles. The van der Waals surface area contributed by atoms with E-state index in [1.165, 1.54) is 24.4 Å². The number of benzene rings is 1. The highest BCUT2D eigenvalue weighted by Gasteiger charge is 2.34. The monoisotopic (exact) mass is 334 g/mol. The van der Waals surface area contributed by atoms with E-state index in [4.69, 9.17) is 23.2 Å². The number of aromatic nitrogens is 1. The minimum Gasteiger partial charge on any atom is -0.319 e. The van der Waals surface area contributed by atoms with Crippen molar-refractivity contribution in [2.45, 2.75) is 6.18 Å². The summed E-state index contributed by atoms with van der Waals surface area (Å²) < 4.78 is 38.7. The van der Waals surface area contributed by atoms with Gasteiger partial charge in [-0.2, -0.15) is 13.2 Å². The number of hydrogen-bond donors (Lipinski definition) is 1. The van der Waals surface area contributed by atoms with Crippen molar-refractivity contribution in [2.24, 2.45) is 0 Å². The minimum absolute atomic E-state index is 0.115. The van der Waals surface area contributed by atoms with Gasteiger partial charge in [0.1, 0.15) is 5.69 Å².